The number of fused-ring (bicyclic) bond motifs is 1. The van der Waals surface area contributed by atoms with Gasteiger partial charge in [-0.1, -0.05) is 18.2 Å². The number of nitrogens with one attached hydrogen (secondary N) is 1. The molecule has 3 aromatic rings. The standard InChI is InChI=1S/C29H36N4O3/c1-20-17-23(21(2)30-25-10-6-5-9-22(25)29(34)35-3)28-24(18-20)26(32-13-15-36-16-14-32)19-27(31-28)33-11-7-4-8-12-33/h5-6,9-10,17-19,21,30H,4,7-8,11-16H2,1-3H3. The Labute approximate surface area is 213 Å². The van der Waals surface area contributed by atoms with Gasteiger partial charge in [0.05, 0.1) is 43.1 Å². The fourth-order valence-corrected chi connectivity index (χ4v) is 5.36. The minimum Gasteiger partial charge on any atom is -0.465 e. The van der Waals surface area contributed by atoms with Gasteiger partial charge in [-0.3, -0.25) is 0 Å². The molecule has 5 rings (SSSR count). The summed E-state index contributed by atoms with van der Waals surface area (Å²) in [6.45, 7) is 9.59. The molecule has 0 aliphatic carbocycles. The van der Waals surface area contributed by atoms with Gasteiger partial charge in [-0.25, -0.2) is 9.78 Å². The third kappa shape index (κ3) is 4.98. The molecule has 7 heteroatoms. The summed E-state index contributed by atoms with van der Waals surface area (Å²) in [5.74, 6) is 0.704. The average Bonchev–Trinajstić information content (AvgIpc) is 2.93. The Kier molecular flexibility index (Phi) is 7.28. The van der Waals surface area contributed by atoms with Crippen LogP contribution in [0, 0.1) is 6.92 Å². The van der Waals surface area contributed by atoms with Gasteiger partial charge in [0, 0.05) is 48.9 Å². The van der Waals surface area contributed by atoms with Crippen LogP contribution in [0.4, 0.5) is 17.2 Å². The van der Waals surface area contributed by atoms with E-state index in [9.17, 15) is 4.79 Å². The first-order valence-electron chi connectivity index (χ1n) is 13.0. The predicted octanol–water partition coefficient (Wildman–Crippen LogP) is 5.33. The van der Waals surface area contributed by atoms with E-state index in [-0.39, 0.29) is 12.0 Å². The smallest absolute Gasteiger partial charge is 0.339 e. The fourth-order valence-electron chi connectivity index (χ4n) is 5.36. The fraction of sp³-hybridized carbons (Fsp3) is 0.448. The van der Waals surface area contributed by atoms with Crippen LogP contribution in [-0.2, 0) is 9.47 Å². The number of aromatic nitrogens is 1. The molecule has 0 bridgehead atoms. The van der Waals surface area contributed by atoms with Crippen LogP contribution < -0.4 is 15.1 Å². The Hall–Kier alpha value is -3.32. The monoisotopic (exact) mass is 488 g/mol. The molecule has 36 heavy (non-hydrogen) atoms. The van der Waals surface area contributed by atoms with Gasteiger partial charge in [-0.15, -0.1) is 0 Å². The molecule has 0 radical (unpaired) electrons. The summed E-state index contributed by atoms with van der Waals surface area (Å²) in [6, 6.07) is 14.2. The van der Waals surface area contributed by atoms with E-state index < -0.39 is 0 Å². The van der Waals surface area contributed by atoms with E-state index in [2.05, 4.69) is 47.2 Å². The third-order valence-corrected chi connectivity index (χ3v) is 7.25. The Bertz CT molecular complexity index is 1230. The van der Waals surface area contributed by atoms with Crippen molar-refractivity contribution in [2.45, 2.75) is 39.2 Å². The van der Waals surface area contributed by atoms with Crippen LogP contribution in [0.2, 0.25) is 0 Å². The molecule has 1 N–H and O–H groups in total. The van der Waals surface area contributed by atoms with E-state index in [1.165, 1.54) is 43.0 Å². The molecule has 2 fully saturated rings. The van der Waals surface area contributed by atoms with E-state index in [0.717, 1.165) is 62.0 Å². The molecule has 0 amide bonds. The number of aryl methyl sites for hydroxylation is 1. The number of hydrogen-bond acceptors (Lipinski definition) is 7. The van der Waals surface area contributed by atoms with E-state index in [4.69, 9.17) is 14.5 Å². The van der Waals surface area contributed by atoms with Crippen molar-refractivity contribution < 1.29 is 14.3 Å². The second-order valence-electron chi connectivity index (χ2n) is 9.80. The number of rotatable bonds is 6. The summed E-state index contributed by atoms with van der Waals surface area (Å²) < 4.78 is 10.7. The molecular weight excluding hydrogens is 452 g/mol. The number of ether oxygens (including phenoxy) is 2. The van der Waals surface area contributed by atoms with E-state index >= 15 is 0 Å². The number of anilines is 3. The largest absolute Gasteiger partial charge is 0.465 e. The summed E-state index contributed by atoms with van der Waals surface area (Å²) in [6.07, 6.45) is 3.69. The number of carbonyl (C=O) groups is 1. The van der Waals surface area contributed by atoms with Crippen molar-refractivity contribution in [3.63, 3.8) is 0 Å². The third-order valence-electron chi connectivity index (χ3n) is 7.25. The topological polar surface area (TPSA) is 66.9 Å². The first-order valence-corrected chi connectivity index (χ1v) is 13.0. The summed E-state index contributed by atoms with van der Waals surface area (Å²) in [7, 11) is 1.41. The number of carbonyl (C=O) groups excluding carboxylic acids is 1. The average molecular weight is 489 g/mol. The van der Waals surface area contributed by atoms with Gasteiger partial charge in [0.25, 0.3) is 0 Å². The number of benzene rings is 2. The molecule has 2 aliphatic rings. The van der Waals surface area contributed by atoms with E-state index in [1.807, 2.05) is 18.2 Å². The molecule has 3 heterocycles. The SMILES string of the molecule is COC(=O)c1ccccc1NC(C)c1cc(C)cc2c(N3CCOCC3)cc(N3CCCCC3)nc12. The summed E-state index contributed by atoms with van der Waals surface area (Å²) in [4.78, 5) is 22.5. The molecule has 2 saturated heterocycles. The van der Waals surface area contributed by atoms with Crippen molar-refractivity contribution in [3.8, 4) is 0 Å². The highest BCUT2D eigenvalue weighted by atomic mass is 16.5. The van der Waals surface area contributed by atoms with Crippen LogP contribution in [0.25, 0.3) is 10.9 Å². The van der Waals surface area contributed by atoms with Crippen molar-refractivity contribution in [1.29, 1.82) is 0 Å². The summed E-state index contributed by atoms with van der Waals surface area (Å²) in [5, 5.41) is 4.74. The normalized spacial score (nSPS) is 17.2. The molecule has 190 valence electrons. The van der Waals surface area contributed by atoms with E-state index in [0.29, 0.717) is 5.56 Å². The molecule has 7 nitrogen and oxygen atoms in total. The van der Waals surface area contributed by atoms with Crippen molar-refractivity contribution in [2.24, 2.45) is 0 Å². The Balaban J connectivity index is 1.61. The van der Waals surface area contributed by atoms with Gasteiger partial charge in [-0.2, -0.15) is 0 Å². The van der Waals surface area contributed by atoms with Crippen molar-refractivity contribution >= 4 is 34.1 Å². The second-order valence-corrected chi connectivity index (χ2v) is 9.80. The van der Waals surface area contributed by atoms with Gasteiger partial charge in [0.15, 0.2) is 0 Å². The lowest BCUT2D eigenvalue weighted by atomic mass is 9.98. The van der Waals surface area contributed by atoms with Crippen LogP contribution >= 0.6 is 0 Å². The first-order chi connectivity index (χ1) is 17.5. The van der Waals surface area contributed by atoms with Crippen LogP contribution in [0.15, 0.2) is 42.5 Å². The van der Waals surface area contributed by atoms with Gasteiger partial charge >= 0.3 is 5.97 Å². The lowest BCUT2D eigenvalue weighted by molar-refractivity contribution is 0.0601. The maximum Gasteiger partial charge on any atom is 0.339 e. The molecule has 2 aliphatic heterocycles. The molecule has 1 aromatic heterocycles. The van der Waals surface area contributed by atoms with Crippen molar-refractivity contribution in [3.05, 3.63) is 59.2 Å². The number of piperidine rings is 1. The quantitative estimate of drug-likeness (QED) is 0.471. The maximum atomic E-state index is 12.4. The van der Waals surface area contributed by atoms with Gasteiger partial charge in [0.1, 0.15) is 5.82 Å². The number of para-hydroxylation sites is 1. The van der Waals surface area contributed by atoms with Crippen LogP contribution in [-0.4, -0.2) is 57.5 Å². The lowest BCUT2D eigenvalue weighted by Crippen LogP contribution is -2.37. The van der Waals surface area contributed by atoms with Gasteiger partial charge in [0.2, 0.25) is 0 Å². The molecule has 1 atom stereocenters. The van der Waals surface area contributed by atoms with E-state index in [1.54, 1.807) is 6.07 Å². The number of methoxy groups -OCH3 is 1. The lowest BCUT2D eigenvalue weighted by Gasteiger charge is -2.33. The molecule has 0 saturated carbocycles. The highest BCUT2D eigenvalue weighted by molar-refractivity contribution is 5.97. The van der Waals surface area contributed by atoms with Crippen molar-refractivity contribution in [1.82, 2.24) is 4.98 Å². The number of pyridine rings is 1. The highest BCUT2D eigenvalue weighted by Crippen LogP contribution is 2.37. The van der Waals surface area contributed by atoms with Crippen molar-refractivity contribution in [2.75, 3.05) is 61.6 Å². The van der Waals surface area contributed by atoms with Gasteiger partial charge in [-0.05, 0) is 56.9 Å². The van der Waals surface area contributed by atoms with Crippen LogP contribution in [0.5, 0.6) is 0 Å². The molecular formula is C29H36N4O3. The highest BCUT2D eigenvalue weighted by Gasteiger charge is 2.23. The maximum absolute atomic E-state index is 12.4. The van der Waals surface area contributed by atoms with Crippen LogP contribution in [0.1, 0.15) is 53.7 Å². The van der Waals surface area contributed by atoms with Gasteiger partial charge < -0.3 is 24.6 Å². The minimum atomic E-state index is -0.348. The Morgan fingerprint density at radius 1 is 1.03 bits per heavy atom. The number of nitrogens with zero attached hydrogens (tertiary/aromatic N) is 3. The zero-order valence-electron chi connectivity index (χ0n) is 21.5. The Morgan fingerprint density at radius 3 is 2.53 bits per heavy atom. The first kappa shape index (κ1) is 24.4. The number of morpholine rings is 1. The molecule has 2 aromatic carbocycles. The minimum absolute atomic E-state index is 0.0696. The van der Waals surface area contributed by atoms with Crippen LogP contribution in [0.3, 0.4) is 0 Å². The molecule has 1 unspecified atom stereocenters. The predicted molar refractivity (Wildman–Crippen MR) is 145 cm³/mol. The number of hydrogen-bond donors (Lipinski definition) is 1. The zero-order chi connectivity index (χ0) is 25.1. The molecule has 0 spiro atoms. The summed E-state index contributed by atoms with van der Waals surface area (Å²) in [5.41, 5.74) is 5.84. The zero-order valence-corrected chi connectivity index (χ0v) is 21.5. The summed E-state index contributed by atoms with van der Waals surface area (Å²) >= 11 is 0. The second kappa shape index (κ2) is 10.7. The Morgan fingerprint density at radius 2 is 1.78 bits per heavy atom. The number of esters is 1.